The molecule has 0 bridgehead atoms. The van der Waals surface area contributed by atoms with Gasteiger partial charge in [0.05, 0.1) is 23.3 Å². The van der Waals surface area contributed by atoms with Crippen molar-refractivity contribution in [2.75, 3.05) is 20.1 Å². The molecule has 3 rings (SSSR count). The summed E-state index contributed by atoms with van der Waals surface area (Å²) in [6.45, 7) is 2.38. The molecule has 1 atom stereocenters. The summed E-state index contributed by atoms with van der Waals surface area (Å²) in [7, 11) is 2.09. The van der Waals surface area contributed by atoms with Crippen LogP contribution in [0, 0.1) is 0 Å². The highest BCUT2D eigenvalue weighted by atomic mass is 16.1. The van der Waals surface area contributed by atoms with Gasteiger partial charge >= 0.3 is 0 Å². The number of nitrogens with zero attached hydrogens (tertiary/aromatic N) is 3. The fourth-order valence-electron chi connectivity index (χ4n) is 3.04. The molecule has 0 aliphatic carbocycles. The zero-order chi connectivity index (χ0) is 16.2. The van der Waals surface area contributed by atoms with Crippen molar-refractivity contribution in [3.8, 4) is 5.69 Å². The predicted molar refractivity (Wildman–Crippen MR) is 89.4 cm³/mol. The second-order valence-corrected chi connectivity index (χ2v) is 6.07. The summed E-state index contributed by atoms with van der Waals surface area (Å²) >= 11 is 0. The largest absolute Gasteiger partial charge is 0.348 e. The Labute approximate surface area is 136 Å². The molecule has 23 heavy (non-hydrogen) atoms. The van der Waals surface area contributed by atoms with Gasteiger partial charge in [-0.2, -0.15) is 0 Å². The first kappa shape index (κ1) is 15.7. The Bertz CT molecular complexity index is 681. The Morgan fingerprint density at radius 2 is 2.26 bits per heavy atom. The van der Waals surface area contributed by atoms with E-state index in [4.69, 9.17) is 5.73 Å². The number of imidazole rings is 1. The number of para-hydroxylation sites is 1. The molecule has 1 aliphatic heterocycles. The number of carbonyl (C=O) groups excluding carboxylic acids is 1. The van der Waals surface area contributed by atoms with Crippen LogP contribution in [0.3, 0.4) is 0 Å². The first-order valence-electron chi connectivity index (χ1n) is 7.99. The van der Waals surface area contributed by atoms with Gasteiger partial charge in [-0.15, -0.1) is 0 Å². The Hall–Kier alpha value is -2.18. The molecule has 122 valence electrons. The van der Waals surface area contributed by atoms with E-state index in [2.05, 4.69) is 22.2 Å². The normalized spacial score (nSPS) is 18.8. The van der Waals surface area contributed by atoms with Crippen molar-refractivity contribution in [2.45, 2.75) is 25.4 Å². The van der Waals surface area contributed by atoms with Crippen molar-refractivity contribution >= 4 is 5.91 Å². The zero-order valence-corrected chi connectivity index (χ0v) is 13.4. The van der Waals surface area contributed by atoms with Crippen molar-refractivity contribution in [1.29, 1.82) is 0 Å². The van der Waals surface area contributed by atoms with E-state index in [1.165, 1.54) is 0 Å². The lowest BCUT2D eigenvalue weighted by molar-refractivity contribution is 0.0912. The van der Waals surface area contributed by atoms with Crippen LogP contribution in [0.4, 0.5) is 0 Å². The first-order chi connectivity index (χ1) is 11.2. The summed E-state index contributed by atoms with van der Waals surface area (Å²) in [5, 5.41) is 3.16. The minimum absolute atomic E-state index is 0.0381. The van der Waals surface area contributed by atoms with Crippen LogP contribution in [0.25, 0.3) is 5.69 Å². The van der Waals surface area contributed by atoms with Gasteiger partial charge in [-0.05, 0) is 38.6 Å². The quantitative estimate of drug-likeness (QED) is 0.888. The number of nitrogens with one attached hydrogen (secondary N) is 1. The lowest BCUT2D eigenvalue weighted by Crippen LogP contribution is -2.46. The highest BCUT2D eigenvalue weighted by molar-refractivity contribution is 5.98. The van der Waals surface area contributed by atoms with Crippen molar-refractivity contribution in [2.24, 2.45) is 5.73 Å². The number of amides is 1. The van der Waals surface area contributed by atoms with Crippen LogP contribution < -0.4 is 11.1 Å². The highest BCUT2D eigenvalue weighted by Crippen LogP contribution is 2.16. The number of hydrogen-bond acceptors (Lipinski definition) is 4. The molecule has 0 spiro atoms. The van der Waals surface area contributed by atoms with E-state index in [0.29, 0.717) is 12.1 Å². The molecule has 6 nitrogen and oxygen atoms in total. The monoisotopic (exact) mass is 313 g/mol. The van der Waals surface area contributed by atoms with Crippen LogP contribution in [0.15, 0.2) is 36.8 Å². The van der Waals surface area contributed by atoms with Crippen molar-refractivity contribution in [3.05, 3.63) is 48.0 Å². The number of nitrogens with two attached hydrogens (primary N) is 1. The highest BCUT2D eigenvalue weighted by Gasteiger charge is 2.21. The maximum absolute atomic E-state index is 12.7. The minimum atomic E-state index is -0.0381. The van der Waals surface area contributed by atoms with Crippen LogP contribution in [0.5, 0.6) is 0 Å². The van der Waals surface area contributed by atoms with E-state index in [1.807, 2.05) is 35.0 Å². The summed E-state index contributed by atoms with van der Waals surface area (Å²) in [5.74, 6) is -0.0381. The third kappa shape index (κ3) is 3.60. The van der Waals surface area contributed by atoms with Crippen LogP contribution in [-0.4, -0.2) is 46.5 Å². The second kappa shape index (κ2) is 6.93. The van der Waals surface area contributed by atoms with Gasteiger partial charge < -0.3 is 20.5 Å². The Morgan fingerprint density at radius 1 is 1.43 bits per heavy atom. The van der Waals surface area contributed by atoms with Gasteiger partial charge in [-0.3, -0.25) is 4.79 Å². The Balaban J connectivity index is 1.80. The molecule has 1 aliphatic rings. The topological polar surface area (TPSA) is 76.2 Å². The molecule has 1 fully saturated rings. The summed E-state index contributed by atoms with van der Waals surface area (Å²) in [4.78, 5) is 19.2. The number of likely N-dealkylation sites (tertiary alicyclic amines) is 1. The van der Waals surface area contributed by atoms with E-state index in [0.717, 1.165) is 37.3 Å². The maximum atomic E-state index is 12.7. The number of benzene rings is 1. The van der Waals surface area contributed by atoms with E-state index < -0.39 is 0 Å². The van der Waals surface area contributed by atoms with Gasteiger partial charge in [0.15, 0.2) is 0 Å². The molecular weight excluding hydrogens is 290 g/mol. The van der Waals surface area contributed by atoms with Crippen molar-refractivity contribution in [3.63, 3.8) is 0 Å². The van der Waals surface area contributed by atoms with E-state index >= 15 is 0 Å². The maximum Gasteiger partial charge on any atom is 0.253 e. The molecule has 1 saturated heterocycles. The number of hydrogen-bond donors (Lipinski definition) is 2. The number of likely N-dealkylation sites (N-methyl/N-ethyl adjacent to an activating group) is 1. The molecule has 2 heterocycles. The van der Waals surface area contributed by atoms with Gasteiger partial charge in [0.25, 0.3) is 5.91 Å². The summed E-state index contributed by atoms with van der Waals surface area (Å²) in [6.07, 6.45) is 5.70. The average Bonchev–Trinajstić information content (AvgIpc) is 3.04. The summed E-state index contributed by atoms with van der Waals surface area (Å²) < 4.78 is 1.85. The molecule has 0 radical (unpaired) electrons. The lowest BCUT2D eigenvalue weighted by Gasteiger charge is -2.30. The minimum Gasteiger partial charge on any atom is -0.348 e. The smallest absolute Gasteiger partial charge is 0.253 e. The van der Waals surface area contributed by atoms with E-state index in [9.17, 15) is 4.79 Å². The molecular formula is C17H23N5O. The Morgan fingerprint density at radius 3 is 3.00 bits per heavy atom. The lowest BCUT2D eigenvalue weighted by atomic mass is 10.1. The third-order valence-corrected chi connectivity index (χ3v) is 4.23. The molecule has 3 N–H and O–H groups in total. The van der Waals surface area contributed by atoms with Crippen LogP contribution in [0.1, 0.15) is 28.9 Å². The number of piperidine rings is 1. The summed E-state index contributed by atoms with van der Waals surface area (Å²) in [5.41, 5.74) is 7.89. The molecule has 0 saturated carbocycles. The molecule has 1 aromatic heterocycles. The SMILES string of the molecule is CN1CCC[C@H](NC(=O)c2ccccc2-n2cnc(CN)c2)C1. The second-order valence-electron chi connectivity index (χ2n) is 6.07. The number of aromatic nitrogens is 2. The van der Waals surface area contributed by atoms with Crippen LogP contribution in [-0.2, 0) is 6.54 Å². The number of carbonyl (C=O) groups is 1. The van der Waals surface area contributed by atoms with Gasteiger partial charge in [0, 0.05) is 25.3 Å². The molecule has 0 unspecified atom stereocenters. The molecule has 1 amide bonds. The molecule has 6 heteroatoms. The van der Waals surface area contributed by atoms with Crippen LogP contribution in [0.2, 0.25) is 0 Å². The zero-order valence-electron chi connectivity index (χ0n) is 13.4. The summed E-state index contributed by atoms with van der Waals surface area (Å²) in [6, 6.07) is 7.77. The van der Waals surface area contributed by atoms with Gasteiger partial charge in [-0.1, -0.05) is 12.1 Å². The van der Waals surface area contributed by atoms with E-state index in [1.54, 1.807) is 6.33 Å². The molecule has 1 aromatic carbocycles. The predicted octanol–water partition coefficient (Wildman–Crippen LogP) is 1.15. The van der Waals surface area contributed by atoms with Crippen molar-refractivity contribution < 1.29 is 4.79 Å². The van der Waals surface area contributed by atoms with Gasteiger partial charge in [-0.25, -0.2) is 4.98 Å². The standard InChI is InChI=1S/C17H23N5O/c1-21-8-4-5-13(10-21)20-17(23)15-6-2-3-7-16(15)22-11-14(9-18)19-12-22/h2-3,6-7,11-13H,4-5,8-10,18H2,1H3,(H,20,23)/t13-/m0/s1. The van der Waals surface area contributed by atoms with Gasteiger partial charge in [0.1, 0.15) is 0 Å². The first-order valence-corrected chi connectivity index (χ1v) is 7.99. The fourth-order valence-corrected chi connectivity index (χ4v) is 3.04. The Kier molecular flexibility index (Phi) is 4.73. The van der Waals surface area contributed by atoms with Crippen molar-refractivity contribution in [1.82, 2.24) is 19.8 Å². The van der Waals surface area contributed by atoms with Gasteiger partial charge in [0.2, 0.25) is 0 Å². The number of rotatable bonds is 4. The third-order valence-electron chi connectivity index (χ3n) is 4.23. The van der Waals surface area contributed by atoms with Crippen LogP contribution >= 0.6 is 0 Å². The molecule has 2 aromatic rings. The average molecular weight is 313 g/mol. The van der Waals surface area contributed by atoms with E-state index in [-0.39, 0.29) is 11.9 Å². The fraction of sp³-hybridized carbons (Fsp3) is 0.412.